The molecule has 1 fully saturated rings. The van der Waals surface area contributed by atoms with Gasteiger partial charge in [0.25, 0.3) is 0 Å². The molecule has 1 aromatic rings. The van der Waals surface area contributed by atoms with Gasteiger partial charge in [0.2, 0.25) is 0 Å². The Morgan fingerprint density at radius 2 is 2.20 bits per heavy atom. The van der Waals surface area contributed by atoms with E-state index in [1.807, 2.05) is 26.1 Å². The molecular weight excluding hydrogens is 197 g/mol. The summed E-state index contributed by atoms with van der Waals surface area (Å²) in [6, 6.07) is 3.46. The highest BCUT2D eigenvalue weighted by Gasteiger charge is 2.32. The normalized spacial score (nSPS) is 25.5. The van der Waals surface area contributed by atoms with E-state index in [-0.39, 0.29) is 12.6 Å². The molecule has 15 heavy (non-hydrogen) atoms. The highest BCUT2D eigenvalue weighted by Crippen LogP contribution is 2.19. The zero-order chi connectivity index (χ0) is 10.8. The van der Waals surface area contributed by atoms with Crippen molar-refractivity contribution in [2.24, 2.45) is 0 Å². The molecule has 0 aromatic carbocycles. The highest BCUT2D eigenvalue weighted by atomic mass is 19.1. The summed E-state index contributed by atoms with van der Waals surface area (Å²) in [5.41, 5.74) is 0.853. The molecule has 0 radical (unpaired) electrons. The molecule has 4 nitrogen and oxygen atoms in total. The van der Waals surface area contributed by atoms with Crippen molar-refractivity contribution in [2.75, 3.05) is 25.2 Å². The number of rotatable bonds is 2. The summed E-state index contributed by atoms with van der Waals surface area (Å²) < 4.78 is 18.5. The molecule has 0 aliphatic carbocycles. The minimum absolute atomic E-state index is 0.175. The zero-order valence-electron chi connectivity index (χ0n) is 8.85. The second-order valence-corrected chi connectivity index (χ2v) is 3.76. The van der Waals surface area contributed by atoms with E-state index in [0.717, 1.165) is 5.69 Å². The Hall–Kier alpha value is -1.23. The lowest BCUT2D eigenvalue weighted by molar-refractivity contribution is 0.173. The van der Waals surface area contributed by atoms with Gasteiger partial charge in [0, 0.05) is 7.05 Å². The van der Waals surface area contributed by atoms with Crippen LogP contribution in [0.2, 0.25) is 0 Å². The van der Waals surface area contributed by atoms with Crippen LogP contribution in [-0.2, 0) is 4.74 Å². The second-order valence-electron chi connectivity index (χ2n) is 3.76. The minimum atomic E-state index is -0.946. The summed E-state index contributed by atoms with van der Waals surface area (Å²) >= 11 is 0. The number of anilines is 1. The van der Waals surface area contributed by atoms with Crippen molar-refractivity contribution in [1.82, 2.24) is 10.2 Å². The molecule has 1 aliphatic heterocycles. The van der Waals surface area contributed by atoms with Gasteiger partial charge in [-0.15, -0.1) is 5.10 Å². The van der Waals surface area contributed by atoms with Gasteiger partial charge in [-0.2, -0.15) is 5.10 Å². The number of likely N-dealkylation sites (N-methyl/N-ethyl adjacent to an activating group) is 1. The van der Waals surface area contributed by atoms with Gasteiger partial charge in [-0.05, 0) is 19.1 Å². The molecule has 0 bridgehead atoms. The van der Waals surface area contributed by atoms with Crippen LogP contribution in [0.3, 0.4) is 0 Å². The fourth-order valence-electron chi connectivity index (χ4n) is 1.62. The minimum Gasteiger partial charge on any atom is -0.376 e. The topological polar surface area (TPSA) is 38.2 Å². The molecule has 1 aromatic heterocycles. The van der Waals surface area contributed by atoms with Crippen LogP contribution in [0.1, 0.15) is 5.69 Å². The standard InChI is InChI=1S/C10H14FN3O/c1-7-3-4-10(13-12-7)14(2)9-6-15-5-8(9)11/h3-4,8-9H,5-6H2,1-2H3. The van der Waals surface area contributed by atoms with Crippen molar-refractivity contribution in [1.29, 1.82) is 0 Å². The molecule has 2 heterocycles. The number of aromatic nitrogens is 2. The van der Waals surface area contributed by atoms with Gasteiger partial charge in [0.05, 0.1) is 24.9 Å². The van der Waals surface area contributed by atoms with E-state index in [4.69, 9.17) is 4.74 Å². The summed E-state index contributed by atoms with van der Waals surface area (Å²) in [4.78, 5) is 1.78. The number of nitrogens with zero attached hydrogens (tertiary/aromatic N) is 3. The van der Waals surface area contributed by atoms with Gasteiger partial charge in [-0.25, -0.2) is 4.39 Å². The van der Waals surface area contributed by atoms with E-state index in [0.29, 0.717) is 12.4 Å². The van der Waals surface area contributed by atoms with Crippen molar-refractivity contribution in [3.05, 3.63) is 17.8 Å². The molecular formula is C10H14FN3O. The predicted molar refractivity (Wildman–Crippen MR) is 54.7 cm³/mol. The number of hydrogen-bond acceptors (Lipinski definition) is 4. The Bertz CT molecular complexity index is 330. The summed E-state index contributed by atoms with van der Waals surface area (Å²) in [6.07, 6.45) is -0.946. The van der Waals surface area contributed by atoms with E-state index in [2.05, 4.69) is 10.2 Å². The van der Waals surface area contributed by atoms with Gasteiger partial charge in [-0.1, -0.05) is 0 Å². The summed E-state index contributed by atoms with van der Waals surface area (Å²) in [7, 11) is 1.81. The Morgan fingerprint density at radius 1 is 1.40 bits per heavy atom. The highest BCUT2D eigenvalue weighted by molar-refractivity contribution is 5.38. The van der Waals surface area contributed by atoms with Gasteiger partial charge < -0.3 is 9.64 Å². The van der Waals surface area contributed by atoms with Gasteiger partial charge in [-0.3, -0.25) is 0 Å². The molecule has 2 unspecified atom stereocenters. The van der Waals surface area contributed by atoms with Gasteiger partial charge >= 0.3 is 0 Å². The Balaban J connectivity index is 2.13. The van der Waals surface area contributed by atoms with Crippen molar-refractivity contribution in [3.8, 4) is 0 Å². The molecule has 5 heteroatoms. The largest absolute Gasteiger partial charge is 0.376 e. The molecule has 0 spiro atoms. The quantitative estimate of drug-likeness (QED) is 0.730. The molecule has 0 amide bonds. The maximum Gasteiger partial charge on any atom is 0.151 e. The van der Waals surface area contributed by atoms with Crippen molar-refractivity contribution in [2.45, 2.75) is 19.1 Å². The monoisotopic (exact) mass is 211 g/mol. The average molecular weight is 211 g/mol. The third kappa shape index (κ3) is 2.07. The molecule has 0 N–H and O–H groups in total. The summed E-state index contributed by atoms with van der Waals surface area (Å²) in [6.45, 7) is 2.45. The molecule has 1 aliphatic rings. The van der Waals surface area contributed by atoms with Crippen LogP contribution in [0.5, 0.6) is 0 Å². The summed E-state index contributed by atoms with van der Waals surface area (Å²) in [5.74, 6) is 0.679. The molecule has 2 rings (SSSR count). The fourth-order valence-corrected chi connectivity index (χ4v) is 1.62. The Kier molecular flexibility index (Phi) is 2.81. The first-order chi connectivity index (χ1) is 7.18. The van der Waals surface area contributed by atoms with E-state index in [1.54, 1.807) is 4.90 Å². The third-order valence-electron chi connectivity index (χ3n) is 2.63. The SMILES string of the molecule is Cc1ccc(N(C)C2COCC2F)nn1. The molecule has 1 saturated heterocycles. The van der Waals surface area contributed by atoms with E-state index in [9.17, 15) is 4.39 Å². The lowest BCUT2D eigenvalue weighted by Gasteiger charge is -2.25. The van der Waals surface area contributed by atoms with Crippen LogP contribution >= 0.6 is 0 Å². The number of ether oxygens (including phenoxy) is 1. The first kappa shape index (κ1) is 10.3. The molecule has 2 atom stereocenters. The van der Waals surface area contributed by atoms with Crippen molar-refractivity contribution in [3.63, 3.8) is 0 Å². The number of aryl methyl sites for hydroxylation is 1. The maximum absolute atomic E-state index is 13.4. The van der Waals surface area contributed by atoms with E-state index in [1.165, 1.54) is 0 Å². The Labute approximate surface area is 88.1 Å². The molecule has 0 saturated carbocycles. The number of alkyl halides is 1. The van der Waals surface area contributed by atoms with Crippen molar-refractivity contribution < 1.29 is 9.13 Å². The number of hydrogen-bond donors (Lipinski definition) is 0. The van der Waals surface area contributed by atoms with Gasteiger partial charge in [0.15, 0.2) is 5.82 Å². The van der Waals surface area contributed by atoms with Gasteiger partial charge in [0.1, 0.15) is 6.17 Å². The lowest BCUT2D eigenvalue weighted by atomic mass is 10.2. The van der Waals surface area contributed by atoms with Crippen LogP contribution in [0.15, 0.2) is 12.1 Å². The second kappa shape index (κ2) is 4.10. The van der Waals surface area contributed by atoms with Crippen LogP contribution in [0, 0.1) is 6.92 Å². The number of halogens is 1. The average Bonchev–Trinajstić information content (AvgIpc) is 2.65. The zero-order valence-corrected chi connectivity index (χ0v) is 8.85. The van der Waals surface area contributed by atoms with Crippen LogP contribution < -0.4 is 4.90 Å². The van der Waals surface area contributed by atoms with Crippen LogP contribution in [0.25, 0.3) is 0 Å². The predicted octanol–water partition coefficient (Wildman–Crippen LogP) is 0.958. The molecule has 82 valence electrons. The lowest BCUT2D eigenvalue weighted by Crippen LogP contribution is -2.39. The van der Waals surface area contributed by atoms with E-state index >= 15 is 0 Å². The first-order valence-electron chi connectivity index (χ1n) is 4.93. The maximum atomic E-state index is 13.4. The third-order valence-corrected chi connectivity index (χ3v) is 2.63. The van der Waals surface area contributed by atoms with Crippen molar-refractivity contribution >= 4 is 5.82 Å². The summed E-state index contributed by atoms with van der Waals surface area (Å²) in [5, 5.41) is 7.95. The Morgan fingerprint density at radius 3 is 2.73 bits per heavy atom. The van der Waals surface area contributed by atoms with E-state index < -0.39 is 6.17 Å². The van der Waals surface area contributed by atoms with Crippen LogP contribution in [0.4, 0.5) is 10.2 Å². The fraction of sp³-hybridized carbons (Fsp3) is 0.600. The first-order valence-corrected chi connectivity index (χ1v) is 4.93. The van der Waals surface area contributed by atoms with Crippen LogP contribution in [-0.4, -0.2) is 42.7 Å². The smallest absolute Gasteiger partial charge is 0.151 e.